The molecule has 4 rings (SSSR count). The number of hydrogen-bond donors (Lipinski definition) is 0. The summed E-state index contributed by atoms with van der Waals surface area (Å²) in [5, 5.41) is 0. The molecule has 0 aromatic carbocycles. The van der Waals surface area contributed by atoms with E-state index in [1.54, 1.807) is 12.4 Å². The van der Waals surface area contributed by atoms with Crippen LogP contribution in [0.5, 0.6) is 0 Å². The molecule has 2 amide bonds. The first-order valence-corrected chi connectivity index (χ1v) is 6.33. The van der Waals surface area contributed by atoms with Crippen molar-refractivity contribution >= 4 is 11.8 Å². The van der Waals surface area contributed by atoms with Gasteiger partial charge in [0.15, 0.2) is 0 Å². The minimum absolute atomic E-state index is 0.108. The summed E-state index contributed by atoms with van der Waals surface area (Å²) in [5.41, 5.74) is 0.915. The first kappa shape index (κ1) is 10.9. The number of carbonyl (C=O) groups is 2. The van der Waals surface area contributed by atoms with Gasteiger partial charge in [-0.2, -0.15) is 0 Å². The van der Waals surface area contributed by atoms with Crippen molar-refractivity contribution in [2.45, 2.75) is 18.8 Å². The molecule has 2 saturated heterocycles. The Morgan fingerprint density at radius 1 is 1.05 bits per heavy atom. The van der Waals surface area contributed by atoms with E-state index in [1.807, 2.05) is 24.3 Å². The number of nitrogens with zero attached hydrogens (tertiary/aromatic N) is 2. The van der Waals surface area contributed by atoms with Crippen molar-refractivity contribution in [1.82, 2.24) is 9.88 Å². The summed E-state index contributed by atoms with van der Waals surface area (Å²) in [4.78, 5) is 30.0. The Hall–Kier alpha value is -2.01. The summed E-state index contributed by atoms with van der Waals surface area (Å²) in [6.07, 6.45) is 6.69. The van der Waals surface area contributed by atoms with Crippen LogP contribution < -0.4 is 0 Å². The largest absolute Gasteiger partial charge is 0.365 e. The molecule has 2 bridgehead atoms. The number of imide groups is 1. The Bertz CT molecular complexity index is 554. The topological polar surface area (TPSA) is 59.5 Å². The summed E-state index contributed by atoms with van der Waals surface area (Å²) in [6, 6.07) is 3.63. The highest BCUT2D eigenvalue weighted by Crippen LogP contribution is 2.45. The lowest BCUT2D eigenvalue weighted by Crippen LogP contribution is -2.33. The van der Waals surface area contributed by atoms with Crippen LogP contribution in [0, 0.1) is 11.8 Å². The van der Waals surface area contributed by atoms with Crippen LogP contribution in [0.25, 0.3) is 0 Å². The summed E-state index contributed by atoms with van der Waals surface area (Å²) in [6.45, 7) is 0.326. The molecule has 4 heterocycles. The molecule has 5 heteroatoms. The van der Waals surface area contributed by atoms with E-state index in [2.05, 4.69) is 4.98 Å². The Kier molecular flexibility index (Phi) is 2.14. The molecule has 1 aromatic rings. The van der Waals surface area contributed by atoms with Crippen LogP contribution in [0.3, 0.4) is 0 Å². The fourth-order valence-electron chi connectivity index (χ4n) is 3.19. The minimum Gasteiger partial charge on any atom is -0.365 e. The van der Waals surface area contributed by atoms with Crippen LogP contribution in [-0.4, -0.2) is 33.9 Å². The molecule has 0 spiro atoms. The van der Waals surface area contributed by atoms with Crippen LogP contribution in [-0.2, 0) is 20.9 Å². The lowest BCUT2D eigenvalue weighted by atomic mass is 9.85. The Labute approximate surface area is 109 Å². The monoisotopic (exact) mass is 256 g/mol. The van der Waals surface area contributed by atoms with Gasteiger partial charge >= 0.3 is 0 Å². The number of ether oxygens (including phenoxy) is 1. The molecule has 3 aliphatic rings. The number of pyridine rings is 1. The average Bonchev–Trinajstić information content (AvgIpc) is 3.10. The zero-order valence-electron chi connectivity index (χ0n) is 10.1. The third-order valence-electron chi connectivity index (χ3n) is 4.09. The normalized spacial score (nSPS) is 35.3. The van der Waals surface area contributed by atoms with E-state index >= 15 is 0 Å². The van der Waals surface area contributed by atoms with Gasteiger partial charge in [0.25, 0.3) is 0 Å². The number of fused-ring (bicyclic) bond motifs is 5. The second-order valence-electron chi connectivity index (χ2n) is 5.12. The third kappa shape index (κ3) is 1.42. The SMILES string of the molecule is O=C1[C@@H]2[C@H](C(=O)N1Cc1ccncc1)[C@@H]1C=C[C@@H]2O1. The van der Waals surface area contributed by atoms with Gasteiger partial charge in [-0.25, -0.2) is 0 Å². The molecule has 96 valence electrons. The molecule has 0 radical (unpaired) electrons. The first-order chi connectivity index (χ1) is 9.25. The second-order valence-corrected chi connectivity index (χ2v) is 5.12. The highest BCUT2D eigenvalue weighted by atomic mass is 16.5. The van der Waals surface area contributed by atoms with Gasteiger partial charge in [0.05, 0.1) is 30.6 Å². The maximum absolute atomic E-state index is 12.4. The van der Waals surface area contributed by atoms with E-state index in [0.717, 1.165) is 5.56 Å². The van der Waals surface area contributed by atoms with Crippen LogP contribution in [0.2, 0.25) is 0 Å². The molecule has 0 saturated carbocycles. The van der Waals surface area contributed by atoms with Crippen molar-refractivity contribution in [3.8, 4) is 0 Å². The maximum Gasteiger partial charge on any atom is 0.236 e. The number of amides is 2. The van der Waals surface area contributed by atoms with Gasteiger partial charge in [0, 0.05) is 12.4 Å². The number of rotatable bonds is 2. The fourth-order valence-corrected chi connectivity index (χ4v) is 3.19. The lowest BCUT2D eigenvalue weighted by molar-refractivity contribution is -0.143. The highest BCUT2D eigenvalue weighted by Gasteiger charge is 2.60. The molecular weight excluding hydrogens is 244 g/mol. The quantitative estimate of drug-likeness (QED) is 0.572. The second kappa shape index (κ2) is 3.74. The summed E-state index contributed by atoms with van der Waals surface area (Å²) in [7, 11) is 0. The van der Waals surface area contributed by atoms with Crippen molar-refractivity contribution in [3.63, 3.8) is 0 Å². The van der Waals surface area contributed by atoms with Crippen LogP contribution >= 0.6 is 0 Å². The zero-order chi connectivity index (χ0) is 13.0. The van der Waals surface area contributed by atoms with Crippen molar-refractivity contribution in [1.29, 1.82) is 0 Å². The molecule has 0 unspecified atom stereocenters. The summed E-state index contributed by atoms with van der Waals surface area (Å²) < 4.78 is 5.59. The van der Waals surface area contributed by atoms with Crippen molar-refractivity contribution in [3.05, 3.63) is 42.2 Å². The number of carbonyl (C=O) groups excluding carboxylic acids is 2. The molecule has 0 N–H and O–H groups in total. The molecule has 5 nitrogen and oxygen atoms in total. The third-order valence-corrected chi connectivity index (χ3v) is 4.09. The predicted molar refractivity (Wildman–Crippen MR) is 64.6 cm³/mol. The van der Waals surface area contributed by atoms with E-state index in [1.165, 1.54) is 4.90 Å². The Balaban J connectivity index is 1.62. The summed E-state index contributed by atoms with van der Waals surface area (Å²) in [5.74, 6) is -0.846. The number of likely N-dealkylation sites (tertiary alicyclic amines) is 1. The first-order valence-electron chi connectivity index (χ1n) is 6.33. The smallest absolute Gasteiger partial charge is 0.236 e. The average molecular weight is 256 g/mol. The maximum atomic E-state index is 12.4. The van der Waals surface area contributed by atoms with Gasteiger partial charge in [0.2, 0.25) is 11.8 Å². The van der Waals surface area contributed by atoms with Crippen molar-refractivity contribution in [2.75, 3.05) is 0 Å². The highest BCUT2D eigenvalue weighted by molar-refractivity contribution is 6.06. The van der Waals surface area contributed by atoms with Crippen LogP contribution in [0.1, 0.15) is 5.56 Å². The molecular formula is C14H12N2O3. The summed E-state index contributed by atoms with van der Waals surface area (Å²) >= 11 is 0. The van der Waals surface area contributed by atoms with Gasteiger partial charge in [-0.05, 0) is 17.7 Å². The number of hydrogen-bond acceptors (Lipinski definition) is 4. The Morgan fingerprint density at radius 2 is 1.63 bits per heavy atom. The van der Waals surface area contributed by atoms with E-state index in [0.29, 0.717) is 6.54 Å². The molecule has 19 heavy (non-hydrogen) atoms. The molecule has 2 fully saturated rings. The molecule has 1 aromatic heterocycles. The zero-order valence-corrected chi connectivity index (χ0v) is 10.1. The van der Waals surface area contributed by atoms with E-state index in [-0.39, 0.29) is 35.9 Å². The van der Waals surface area contributed by atoms with Crippen LogP contribution in [0.15, 0.2) is 36.7 Å². The lowest BCUT2D eigenvalue weighted by Gasteiger charge is -2.17. The van der Waals surface area contributed by atoms with E-state index in [9.17, 15) is 9.59 Å². The predicted octanol–water partition coefficient (Wildman–Crippen LogP) is 0.520. The van der Waals surface area contributed by atoms with Gasteiger partial charge in [0.1, 0.15) is 0 Å². The van der Waals surface area contributed by atoms with E-state index < -0.39 is 0 Å². The van der Waals surface area contributed by atoms with Gasteiger partial charge in [-0.3, -0.25) is 19.5 Å². The molecule has 4 atom stereocenters. The minimum atomic E-state index is -0.315. The number of aromatic nitrogens is 1. The van der Waals surface area contributed by atoms with E-state index in [4.69, 9.17) is 4.74 Å². The van der Waals surface area contributed by atoms with Crippen molar-refractivity contribution in [2.24, 2.45) is 11.8 Å². The standard InChI is InChI=1S/C14H12N2O3/c17-13-11-9-1-2-10(19-9)12(11)14(18)16(13)7-8-3-5-15-6-4-8/h1-6,9-12H,7H2/t9-,10-,11-,12+/m0/s1. The van der Waals surface area contributed by atoms with Crippen LogP contribution in [0.4, 0.5) is 0 Å². The fraction of sp³-hybridized carbons (Fsp3) is 0.357. The molecule has 0 aliphatic carbocycles. The van der Waals surface area contributed by atoms with Gasteiger partial charge in [-0.15, -0.1) is 0 Å². The van der Waals surface area contributed by atoms with Gasteiger partial charge in [-0.1, -0.05) is 12.2 Å². The van der Waals surface area contributed by atoms with Crippen molar-refractivity contribution < 1.29 is 14.3 Å². The van der Waals surface area contributed by atoms with Gasteiger partial charge < -0.3 is 4.74 Å². The molecule has 3 aliphatic heterocycles. The Morgan fingerprint density at radius 3 is 2.21 bits per heavy atom.